The van der Waals surface area contributed by atoms with Crippen molar-refractivity contribution in [3.8, 4) is 0 Å². The number of carbonyl (C=O) groups is 1. The van der Waals surface area contributed by atoms with Gasteiger partial charge in [0.2, 0.25) is 0 Å². The molecule has 1 aliphatic heterocycles. The van der Waals surface area contributed by atoms with E-state index in [9.17, 15) is 4.79 Å². The molecule has 1 fully saturated rings. The van der Waals surface area contributed by atoms with Gasteiger partial charge in [-0.3, -0.25) is 4.79 Å². The summed E-state index contributed by atoms with van der Waals surface area (Å²) in [5.41, 5.74) is 0.960. The zero-order chi connectivity index (χ0) is 13.7. The Morgan fingerprint density at radius 3 is 3.21 bits per heavy atom. The second-order valence-corrected chi connectivity index (χ2v) is 5.88. The molecular weight excluding hydrogens is 262 g/mol. The lowest BCUT2D eigenvalue weighted by molar-refractivity contribution is -0.140. The molecule has 0 aliphatic carbocycles. The molecule has 1 saturated heterocycles. The molecule has 1 aliphatic rings. The van der Waals surface area contributed by atoms with Crippen LogP contribution < -0.4 is 5.32 Å². The van der Waals surface area contributed by atoms with E-state index in [0.717, 1.165) is 23.9 Å². The second-order valence-electron chi connectivity index (χ2n) is 5.02. The Morgan fingerprint density at radius 1 is 1.68 bits per heavy atom. The van der Waals surface area contributed by atoms with Crippen molar-refractivity contribution in [2.24, 2.45) is 5.92 Å². The summed E-state index contributed by atoms with van der Waals surface area (Å²) in [7, 11) is 3.57. The van der Waals surface area contributed by atoms with Crippen molar-refractivity contribution in [1.29, 1.82) is 0 Å². The molecular formula is C13H21N3O2S. The van der Waals surface area contributed by atoms with Crippen LogP contribution in [-0.4, -0.2) is 49.6 Å². The van der Waals surface area contributed by atoms with Crippen molar-refractivity contribution in [2.75, 3.05) is 39.1 Å². The molecule has 0 bridgehead atoms. The van der Waals surface area contributed by atoms with E-state index in [1.807, 2.05) is 5.38 Å². The molecule has 2 rings (SSSR count). The fraction of sp³-hybridized carbons (Fsp3) is 0.692. The Kier molecular flexibility index (Phi) is 5.15. The number of likely N-dealkylation sites (tertiary alicyclic amines) is 1. The lowest BCUT2D eigenvalue weighted by atomic mass is 10.1. The van der Waals surface area contributed by atoms with Crippen LogP contribution in [0.5, 0.6) is 0 Å². The van der Waals surface area contributed by atoms with Crippen LogP contribution in [0, 0.1) is 5.92 Å². The van der Waals surface area contributed by atoms with Crippen LogP contribution in [-0.2, 0) is 16.0 Å². The Morgan fingerprint density at radius 2 is 2.53 bits per heavy atom. The fourth-order valence-corrected chi connectivity index (χ4v) is 3.01. The van der Waals surface area contributed by atoms with Crippen molar-refractivity contribution >= 4 is 22.4 Å². The molecule has 1 atom stereocenters. The van der Waals surface area contributed by atoms with Crippen molar-refractivity contribution < 1.29 is 9.53 Å². The van der Waals surface area contributed by atoms with Crippen molar-refractivity contribution in [3.63, 3.8) is 0 Å². The van der Waals surface area contributed by atoms with E-state index in [0.29, 0.717) is 18.8 Å². The molecule has 1 aromatic rings. The molecule has 19 heavy (non-hydrogen) atoms. The highest BCUT2D eigenvalue weighted by Gasteiger charge is 2.19. The average molecular weight is 283 g/mol. The number of esters is 1. The lowest BCUT2D eigenvalue weighted by Gasteiger charge is -2.10. The second kappa shape index (κ2) is 6.86. The third kappa shape index (κ3) is 4.47. The first-order valence-corrected chi connectivity index (χ1v) is 7.49. The van der Waals surface area contributed by atoms with E-state index in [4.69, 9.17) is 0 Å². The van der Waals surface area contributed by atoms with Gasteiger partial charge in [0.15, 0.2) is 5.13 Å². The number of anilines is 1. The number of nitrogens with one attached hydrogen (secondary N) is 1. The minimum atomic E-state index is -0.184. The Labute approximate surface area is 118 Å². The topological polar surface area (TPSA) is 54.5 Å². The van der Waals surface area contributed by atoms with E-state index < -0.39 is 0 Å². The summed E-state index contributed by atoms with van der Waals surface area (Å²) in [4.78, 5) is 17.9. The summed E-state index contributed by atoms with van der Waals surface area (Å²) < 4.78 is 4.62. The molecule has 1 unspecified atom stereocenters. The number of hydrogen-bond donors (Lipinski definition) is 1. The molecule has 0 amide bonds. The van der Waals surface area contributed by atoms with Gasteiger partial charge in [0.1, 0.15) is 0 Å². The molecule has 1 aromatic heterocycles. The van der Waals surface area contributed by atoms with Crippen LogP contribution in [0.1, 0.15) is 18.5 Å². The van der Waals surface area contributed by atoms with Crippen LogP contribution in [0.2, 0.25) is 0 Å². The first kappa shape index (κ1) is 14.3. The summed E-state index contributed by atoms with van der Waals surface area (Å²) in [5, 5.41) is 6.35. The third-order valence-corrected chi connectivity index (χ3v) is 4.24. The highest BCUT2D eigenvalue weighted by Crippen LogP contribution is 2.19. The van der Waals surface area contributed by atoms with Gasteiger partial charge in [0.05, 0.1) is 19.2 Å². The fourth-order valence-electron chi connectivity index (χ4n) is 2.26. The quantitative estimate of drug-likeness (QED) is 0.804. The summed E-state index contributed by atoms with van der Waals surface area (Å²) in [6.45, 7) is 3.33. The molecule has 106 valence electrons. The highest BCUT2D eigenvalue weighted by atomic mass is 32.1. The van der Waals surface area contributed by atoms with Gasteiger partial charge >= 0.3 is 5.97 Å². The monoisotopic (exact) mass is 283 g/mol. The average Bonchev–Trinajstić information content (AvgIpc) is 3.02. The largest absolute Gasteiger partial charge is 0.469 e. The van der Waals surface area contributed by atoms with Crippen LogP contribution in [0.3, 0.4) is 0 Å². The molecule has 0 spiro atoms. The van der Waals surface area contributed by atoms with E-state index in [2.05, 4.69) is 27.0 Å². The van der Waals surface area contributed by atoms with Crippen LogP contribution in [0.15, 0.2) is 5.38 Å². The zero-order valence-electron chi connectivity index (χ0n) is 11.5. The molecule has 5 nitrogen and oxygen atoms in total. The number of thiazole rings is 1. The molecule has 2 heterocycles. The van der Waals surface area contributed by atoms with Crippen LogP contribution in [0.25, 0.3) is 0 Å². The first-order chi connectivity index (χ1) is 9.17. The van der Waals surface area contributed by atoms with Gasteiger partial charge in [-0.05, 0) is 25.9 Å². The predicted molar refractivity (Wildman–Crippen MR) is 76.5 cm³/mol. The van der Waals surface area contributed by atoms with E-state index in [1.54, 1.807) is 11.3 Å². The van der Waals surface area contributed by atoms with Gasteiger partial charge in [0, 0.05) is 24.9 Å². The molecule has 6 heteroatoms. The number of methoxy groups -OCH3 is 1. The summed E-state index contributed by atoms with van der Waals surface area (Å²) in [6.07, 6.45) is 2.30. The van der Waals surface area contributed by atoms with Gasteiger partial charge < -0.3 is 15.0 Å². The highest BCUT2D eigenvalue weighted by molar-refractivity contribution is 7.13. The van der Waals surface area contributed by atoms with Crippen molar-refractivity contribution in [2.45, 2.75) is 19.3 Å². The molecule has 0 radical (unpaired) electrons. The number of nitrogens with zero attached hydrogens (tertiary/aromatic N) is 2. The first-order valence-electron chi connectivity index (χ1n) is 6.61. The Hall–Kier alpha value is -1.14. The number of hydrogen-bond acceptors (Lipinski definition) is 6. The summed E-state index contributed by atoms with van der Waals surface area (Å²) in [6, 6.07) is 0. The maximum atomic E-state index is 11.1. The zero-order valence-corrected chi connectivity index (χ0v) is 12.3. The van der Waals surface area contributed by atoms with E-state index >= 15 is 0 Å². The van der Waals surface area contributed by atoms with Gasteiger partial charge in [-0.1, -0.05) is 0 Å². The van der Waals surface area contributed by atoms with Gasteiger partial charge in [-0.25, -0.2) is 4.98 Å². The SMILES string of the molecule is COC(=O)CCc1csc(NCC2CCN(C)C2)n1. The standard InChI is InChI=1S/C13H21N3O2S/c1-16-6-5-10(8-16)7-14-13-15-11(9-19-13)3-4-12(17)18-2/h9-10H,3-8H2,1-2H3,(H,14,15). The van der Waals surface area contributed by atoms with Crippen LogP contribution >= 0.6 is 11.3 Å². The number of rotatable bonds is 6. The van der Waals surface area contributed by atoms with E-state index in [-0.39, 0.29) is 5.97 Å². The number of aromatic nitrogens is 1. The smallest absolute Gasteiger partial charge is 0.305 e. The lowest BCUT2D eigenvalue weighted by Crippen LogP contribution is -2.19. The minimum absolute atomic E-state index is 0.184. The van der Waals surface area contributed by atoms with Crippen LogP contribution in [0.4, 0.5) is 5.13 Å². The van der Waals surface area contributed by atoms with Gasteiger partial charge in [-0.15, -0.1) is 11.3 Å². The molecule has 0 saturated carbocycles. The maximum Gasteiger partial charge on any atom is 0.305 e. The van der Waals surface area contributed by atoms with Crippen molar-refractivity contribution in [1.82, 2.24) is 9.88 Å². The maximum absolute atomic E-state index is 11.1. The Bertz CT molecular complexity index is 422. The number of aryl methyl sites for hydroxylation is 1. The Balaban J connectivity index is 1.73. The van der Waals surface area contributed by atoms with Crippen molar-refractivity contribution in [3.05, 3.63) is 11.1 Å². The molecule has 1 N–H and O–H groups in total. The third-order valence-electron chi connectivity index (χ3n) is 3.40. The molecule has 0 aromatic carbocycles. The number of carbonyl (C=O) groups excluding carboxylic acids is 1. The minimum Gasteiger partial charge on any atom is -0.469 e. The van der Waals surface area contributed by atoms with E-state index in [1.165, 1.54) is 20.1 Å². The van der Waals surface area contributed by atoms with Gasteiger partial charge in [-0.2, -0.15) is 0 Å². The van der Waals surface area contributed by atoms with Gasteiger partial charge in [0.25, 0.3) is 0 Å². The summed E-state index contributed by atoms with van der Waals surface area (Å²) >= 11 is 1.61. The summed E-state index contributed by atoms with van der Waals surface area (Å²) in [5.74, 6) is 0.531. The number of ether oxygens (including phenoxy) is 1. The predicted octanol–water partition coefficient (Wildman–Crippen LogP) is 1.61. The normalized spacial score (nSPS) is 19.6.